The summed E-state index contributed by atoms with van der Waals surface area (Å²) in [7, 11) is 3.47. The van der Waals surface area contributed by atoms with E-state index in [0.717, 1.165) is 26.2 Å². The number of nitrogens with zero attached hydrogens (tertiary/aromatic N) is 4. The van der Waals surface area contributed by atoms with Gasteiger partial charge >= 0.3 is 6.03 Å². The molecule has 2 aromatic heterocycles. The number of benzene rings is 2. The van der Waals surface area contributed by atoms with Gasteiger partial charge in [0.1, 0.15) is 17.0 Å². The SMILES string of the molecule is CN(C)C(=O)CCc1sc2ncnc(N)c2c1-c1ccc(NC(=O)Nc2cccc(C#N)c2)cc1. The number of aryl methyl sites for hydroxylation is 1. The van der Waals surface area contributed by atoms with Gasteiger partial charge in [0.15, 0.2) is 0 Å². The zero-order valence-corrected chi connectivity index (χ0v) is 20.0. The van der Waals surface area contributed by atoms with Gasteiger partial charge in [0.2, 0.25) is 5.91 Å². The fourth-order valence-corrected chi connectivity index (χ4v) is 4.78. The van der Waals surface area contributed by atoms with Gasteiger partial charge < -0.3 is 21.3 Å². The van der Waals surface area contributed by atoms with Crippen molar-refractivity contribution < 1.29 is 9.59 Å². The van der Waals surface area contributed by atoms with Crippen LogP contribution in [0.3, 0.4) is 0 Å². The first-order valence-corrected chi connectivity index (χ1v) is 11.6. The monoisotopic (exact) mass is 485 g/mol. The van der Waals surface area contributed by atoms with Crippen LogP contribution in [0.5, 0.6) is 0 Å². The van der Waals surface area contributed by atoms with E-state index in [-0.39, 0.29) is 5.91 Å². The zero-order valence-electron chi connectivity index (χ0n) is 19.2. The highest BCUT2D eigenvalue weighted by molar-refractivity contribution is 7.19. The van der Waals surface area contributed by atoms with E-state index in [1.165, 1.54) is 17.7 Å². The maximum Gasteiger partial charge on any atom is 0.323 e. The topological polar surface area (TPSA) is 137 Å². The number of nitriles is 1. The zero-order chi connectivity index (χ0) is 24.9. The normalized spacial score (nSPS) is 10.5. The van der Waals surface area contributed by atoms with E-state index >= 15 is 0 Å². The molecule has 0 atom stereocenters. The molecule has 0 saturated heterocycles. The number of anilines is 3. The summed E-state index contributed by atoms with van der Waals surface area (Å²) >= 11 is 1.50. The van der Waals surface area contributed by atoms with Crippen LogP contribution in [-0.4, -0.2) is 40.9 Å². The summed E-state index contributed by atoms with van der Waals surface area (Å²) in [5.74, 6) is 0.422. The minimum atomic E-state index is -0.422. The van der Waals surface area contributed by atoms with Gasteiger partial charge in [-0.3, -0.25) is 4.79 Å². The van der Waals surface area contributed by atoms with Crippen molar-refractivity contribution in [1.29, 1.82) is 5.26 Å². The maximum absolute atomic E-state index is 12.4. The van der Waals surface area contributed by atoms with E-state index in [2.05, 4.69) is 20.6 Å². The number of amides is 3. The van der Waals surface area contributed by atoms with Crippen LogP contribution in [0.25, 0.3) is 21.3 Å². The second-order valence-corrected chi connectivity index (χ2v) is 9.06. The molecular formula is C25H23N7O2S. The van der Waals surface area contributed by atoms with Crippen LogP contribution < -0.4 is 16.4 Å². The van der Waals surface area contributed by atoms with Crippen molar-refractivity contribution in [2.24, 2.45) is 0 Å². The third-order valence-corrected chi connectivity index (χ3v) is 6.49. The van der Waals surface area contributed by atoms with E-state index in [9.17, 15) is 9.59 Å². The second-order valence-electron chi connectivity index (χ2n) is 7.98. The molecule has 10 heteroatoms. The molecule has 0 aliphatic rings. The maximum atomic E-state index is 12.4. The minimum Gasteiger partial charge on any atom is -0.383 e. The predicted octanol–water partition coefficient (Wildman–Crippen LogP) is 4.48. The summed E-state index contributed by atoms with van der Waals surface area (Å²) in [6, 6.07) is 15.6. The number of rotatable bonds is 6. The number of carbonyl (C=O) groups is 2. The van der Waals surface area contributed by atoms with Gasteiger partial charge in [0.25, 0.3) is 0 Å². The Labute approximate surface area is 206 Å². The molecule has 9 nitrogen and oxygen atoms in total. The highest BCUT2D eigenvalue weighted by atomic mass is 32.1. The standard InChI is InChI=1S/C25H23N7O2S/c1-32(2)20(33)11-10-19-21(22-23(27)28-14-29-24(22)35-19)16-6-8-17(9-7-16)30-25(34)31-18-5-3-4-15(12-18)13-26/h3-9,12,14H,10-11H2,1-2H3,(H2,27,28,29)(H2,30,31,34). The van der Waals surface area contributed by atoms with Crippen LogP contribution in [-0.2, 0) is 11.2 Å². The van der Waals surface area contributed by atoms with Gasteiger partial charge in [-0.05, 0) is 42.3 Å². The van der Waals surface area contributed by atoms with Crippen molar-refractivity contribution in [3.05, 3.63) is 65.3 Å². The lowest BCUT2D eigenvalue weighted by molar-refractivity contribution is -0.128. The molecule has 0 bridgehead atoms. The van der Waals surface area contributed by atoms with E-state index in [1.807, 2.05) is 18.2 Å². The largest absolute Gasteiger partial charge is 0.383 e. The third-order valence-electron chi connectivity index (χ3n) is 5.34. The van der Waals surface area contributed by atoms with Crippen molar-refractivity contribution >= 4 is 50.7 Å². The van der Waals surface area contributed by atoms with Crippen LogP contribution in [0.2, 0.25) is 0 Å². The Morgan fingerprint density at radius 3 is 2.54 bits per heavy atom. The highest BCUT2D eigenvalue weighted by Gasteiger charge is 2.19. The molecule has 0 fully saturated rings. The first kappa shape index (κ1) is 23.7. The van der Waals surface area contributed by atoms with Crippen LogP contribution >= 0.6 is 11.3 Å². The first-order chi connectivity index (χ1) is 16.9. The number of thiophene rings is 1. The molecule has 0 saturated carbocycles. The second kappa shape index (κ2) is 10.2. The third kappa shape index (κ3) is 5.37. The van der Waals surface area contributed by atoms with Gasteiger partial charge in [-0.2, -0.15) is 5.26 Å². The smallest absolute Gasteiger partial charge is 0.323 e. The fourth-order valence-electron chi connectivity index (χ4n) is 3.61. The summed E-state index contributed by atoms with van der Waals surface area (Å²) in [5, 5.41) is 15.3. The molecule has 0 spiro atoms. The number of nitrogens with one attached hydrogen (secondary N) is 2. The van der Waals surface area contributed by atoms with Crippen molar-refractivity contribution in [3.63, 3.8) is 0 Å². The Balaban J connectivity index is 1.57. The van der Waals surface area contributed by atoms with Gasteiger partial charge in [0.05, 0.1) is 17.0 Å². The van der Waals surface area contributed by atoms with Gasteiger partial charge in [0, 0.05) is 42.3 Å². The number of carbonyl (C=O) groups excluding carboxylic acids is 2. The minimum absolute atomic E-state index is 0.0401. The molecule has 0 aliphatic heterocycles. The molecule has 0 radical (unpaired) electrons. The number of nitrogens with two attached hydrogens (primary N) is 1. The van der Waals surface area contributed by atoms with Crippen LogP contribution in [0.4, 0.5) is 22.0 Å². The molecule has 0 aliphatic carbocycles. The number of hydrogen-bond acceptors (Lipinski definition) is 7. The average Bonchev–Trinajstić information content (AvgIpc) is 3.22. The number of hydrogen-bond donors (Lipinski definition) is 3. The fraction of sp³-hybridized carbons (Fsp3) is 0.160. The average molecular weight is 486 g/mol. The predicted molar refractivity (Wildman–Crippen MR) is 138 cm³/mol. The number of aromatic nitrogens is 2. The summed E-state index contributed by atoms with van der Waals surface area (Å²) in [6.07, 6.45) is 2.36. The van der Waals surface area contributed by atoms with Gasteiger partial charge in [-0.25, -0.2) is 14.8 Å². The lowest BCUT2D eigenvalue weighted by atomic mass is 10.0. The lowest BCUT2D eigenvalue weighted by Crippen LogP contribution is -2.21. The Morgan fingerprint density at radius 1 is 1.09 bits per heavy atom. The summed E-state index contributed by atoms with van der Waals surface area (Å²) < 4.78 is 0. The van der Waals surface area contributed by atoms with Gasteiger partial charge in [-0.15, -0.1) is 11.3 Å². The Morgan fingerprint density at radius 2 is 1.83 bits per heavy atom. The number of fused-ring (bicyclic) bond motifs is 1. The molecule has 4 aromatic rings. The van der Waals surface area contributed by atoms with E-state index < -0.39 is 6.03 Å². The Kier molecular flexibility index (Phi) is 6.89. The molecule has 4 rings (SSSR count). The molecule has 2 heterocycles. The Hall–Kier alpha value is -4.49. The Bertz CT molecular complexity index is 1440. The van der Waals surface area contributed by atoms with E-state index in [0.29, 0.717) is 35.6 Å². The molecule has 4 N–H and O–H groups in total. The van der Waals surface area contributed by atoms with E-state index in [4.69, 9.17) is 11.0 Å². The summed E-state index contributed by atoms with van der Waals surface area (Å²) in [6.45, 7) is 0. The number of nitrogen functional groups attached to an aromatic ring is 1. The summed E-state index contributed by atoms with van der Waals surface area (Å²) in [5.41, 5.74) is 9.56. The van der Waals surface area contributed by atoms with Crippen molar-refractivity contribution in [2.75, 3.05) is 30.5 Å². The highest BCUT2D eigenvalue weighted by Crippen LogP contribution is 2.41. The molecule has 2 aromatic carbocycles. The van der Waals surface area contributed by atoms with Gasteiger partial charge in [-0.1, -0.05) is 18.2 Å². The quantitative estimate of drug-likeness (QED) is 0.368. The van der Waals surface area contributed by atoms with Crippen LogP contribution in [0.15, 0.2) is 54.9 Å². The van der Waals surface area contributed by atoms with Crippen molar-refractivity contribution in [2.45, 2.75) is 12.8 Å². The molecule has 35 heavy (non-hydrogen) atoms. The lowest BCUT2D eigenvalue weighted by Gasteiger charge is -2.11. The molecular weight excluding hydrogens is 462 g/mol. The first-order valence-electron chi connectivity index (χ1n) is 10.8. The summed E-state index contributed by atoms with van der Waals surface area (Å²) in [4.78, 5) is 36.4. The van der Waals surface area contributed by atoms with Crippen molar-refractivity contribution in [3.8, 4) is 17.2 Å². The molecule has 0 unspecified atom stereocenters. The van der Waals surface area contributed by atoms with Crippen LogP contribution in [0.1, 0.15) is 16.9 Å². The molecule has 176 valence electrons. The van der Waals surface area contributed by atoms with E-state index in [1.54, 1.807) is 55.4 Å². The molecule has 3 amide bonds. The van der Waals surface area contributed by atoms with Crippen molar-refractivity contribution in [1.82, 2.24) is 14.9 Å². The van der Waals surface area contributed by atoms with Crippen LogP contribution in [0, 0.1) is 11.3 Å². The number of urea groups is 1.